The number of nitrogens with one attached hydrogen (secondary N) is 1. The fourth-order valence-electron chi connectivity index (χ4n) is 1.24. The number of carbonyl (C=O) groups is 1. The highest BCUT2D eigenvalue weighted by Crippen LogP contribution is 2.14. The monoisotopic (exact) mass is 270 g/mol. The van der Waals surface area contributed by atoms with E-state index < -0.39 is 5.60 Å². The number of carbonyl (C=O) groups excluding carboxylic acids is 1. The number of nitrogens with zero attached hydrogens (tertiary/aromatic N) is 1. The average molecular weight is 270 g/mol. The Hall–Kier alpha value is -1.30. The molecule has 0 aliphatic carbocycles. The van der Waals surface area contributed by atoms with E-state index in [0.717, 1.165) is 0 Å². The van der Waals surface area contributed by atoms with Gasteiger partial charge in [-0.3, -0.25) is 9.59 Å². The van der Waals surface area contributed by atoms with E-state index in [-0.39, 0.29) is 11.5 Å². The molecule has 1 N–H and O–H groups in total. The van der Waals surface area contributed by atoms with Crippen molar-refractivity contribution in [2.45, 2.75) is 44.9 Å². The van der Waals surface area contributed by atoms with E-state index in [0.29, 0.717) is 23.0 Å². The first-order chi connectivity index (χ1) is 8.26. The molecule has 0 atom stereocenters. The largest absolute Gasteiger partial charge is 0.460 e. The topological polar surface area (TPSA) is 72.0 Å². The van der Waals surface area contributed by atoms with Crippen molar-refractivity contribution in [2.24, 2.45) is 0 Å². The van der Waals surface area contributed by atoms with E-state index >= 15 is 0 Å². The molecule has 1 rings (SSSR count). The van der Waals surface area contributed by atoms with Crippen molar-refractivity contribution in [1.82, 2.24) is 9.97 Å². The predicted octanol–water partition coefficient (Wildman–Crippen LogP) is 1.90. The number of hydrogen-bond donors (Lipinski definition) is 1. The van der Waals surface area contributed by atoms with Crippen molar-refractivity contribution >= 4 is 17.7 Å². The highest BCUT2D eigenvalue weighted by molar-refractivity contribution is 7.99. The predicted molar refractivity (Wildman–Crippen MR) is 70.8 cm³/mol. The summed E-state index contributed by atoms with van der Waals surface area (Å²) in [6.45, 7) is 7.25. The van der Waals surface area contributed by atoms with E-state index in [1.807, 2.05) is 20.8 Å². The summed E-state index contributed by atoms with van der Waals surface area (Å²) in [5.74, 6) is 0.284. The maximum atomic E-state index is 11.5. The molecule has 0 bridgehead atoms. The molecule has 0 aromatic carbocycles. The van der Waals surface area contributed by atoms with Crippen molar-refractivity contribution in [1.29, 1.82) is 0 Å². The third kappa shape index (κ3) is 5.86. The number of aryl methyl sites for hydroxylation is 1. The zero-order valence-corrected chi connectivity index (χ0v) is 11.9. The molecule has 0 saturated carbocycles. The molecule has 0 aliphatic rings. The molecule has 0 aliphatic heterocycles. The van der Waals surface area contributed by atoms with Gasteiger partial charge in [0.1, 0.15) is 5.60 Å². The molecular formula is C12H18N2O3S. The van der Waals surface area contributed by atoms with Gasteiger partial charge < -0.3 is 9.72 Å². The van der Waals surface area contributed by atoms with Crippen LogP contribution in [0.1, 0.15) is 32.9 Å². The highest BCUT2D eigenvalue weighted by Gasteiger charge is 2.15. The third-order valence-corrected chi connectivity index (χ3v) is 2.69. The van der Waals surface area contributed by atoms with Crippen LogP contribution >= 0.6 is 11.8 Å². The Labute approximate surface area is 110 Å². The number of H-pyrrole nitrogens is 1. The van der Waals surface area contributed by atoms with Crippen LogP contribution in [-0.2, 0) is 9.53 Å². The second kappa shape index (κ2) is 6.04. The second-order valence-electron chi connectivity index (χ2n) is 4.88. The maximum Gasteiger partial charge on any atom is 0.307 e. The molecule has 100 valence electrons. The zero-order valence-electron chi connectivity index (χ0n) is 11.1. The molecule has 1 heterocycles. The smallest absolute Gasteiger partial charge is 0.307 e. The van der Waals surface area contributed by atoms with Gasteiger partial charge in [-0.1, -0.05) is 11.8 Å². The average Bonchev–Trinajstić information content (AvgIpc) is 2.12. The minimum absolute atomic E-state index is 0.178. The Bertz CT molecular complexity index is 477. The van der Waals surface area contributed by atoms with Gasteiger partial charge in [-0.2, -0.15) is 0 Å². The number of aromatic amines is 1. The number of aromatic nitrogens is 2. The van der Waals surface area contributed by atoms with Gasteiger partial charge in [0.15, 0.2) is 5.16 Å². The van der Waals surface area contributed by atoms with E-state index in [9.17, 15) is 9.59 Å². The van der Waals surface area contributed by atoms with E-state index in [1.54, 1.807) is 6.92 Å². The first-order valence-corrected chi connectivity index (χ1v) is 6.67. The van der Waals surface area contributed by atoms with Crippen LogP contribution in [0.25, 0.3) is 0 Å². The number of ether oxygens (including phenoxy) is 1. The summed E-state index contributed by atoms with van der Waals surface area (Å²) in [5.41, 5.74) is 0.0262. The fourth-order valence-corrected chi connectivity index (χ4v) is 2.09. The van der Waals surface area contributed by atoms with Gasteiger partial charge in [-0.25, -0.2) is 4.98 Å². The normalized spacial score (nSPS) is 11.3. The van der Waals surface area contributed by atoms with Crippen molar-refractivity contribution in [3.8, 4) is 0 Å². The number of hydrogen-bond acceptors (Lipinski definition) is 5. The van der Waals surface area contributed by atoms with Crippen LogP contribution in [0.2, 0.25) is 0 Å². The lowest BCUT2D eigenvalue weighted by molar-refractivity contribution is -0.154. The molecule has 0 unspecified atom stereocenters. The molecular weight excluding hydrogens is 252 g/mol. The van der Waals surface area contributed by atoms with Gasteiger partial charge >= 0.3 is 5.97 Å². The molecule has 1 aromatic heterocycles. The first-order valence-electron chi connectivity index (χ1n) is 5.69. The van der Waals surface area contributed by atoms with Crippen LogP contribution in [0.4, 0.5) is 0 Å². The summed E-state index contributed by atoms with van der Waals surface area (Å²) >= 11 is 1.34. The SMILES string of the molecule is Cc1cc(=O)[nH]c(SCCC(=O)OC(C)(C)C)n1. The molecule has 0 spiro atoms. The second-order valence-corrected chi connectivity index (χ2v) is 5.96. The van der Waals surface area contributed by atoms with Gasteiger partial charge in [0.25, 0.3) is 5.56 Å². The van der Waals surface area contributed by atoms with Crippen molar-refractivity contribution in [3.05, 3.63) is 22.1 Å². The summed E-state index contributed by atoms with van der Waals surface area (Å²) in [5, 5.41) is 0.531. The molecule has 0 fully saturated rings. The van der Waals surface area contributed by atoms with Gasteiger partial charge in [0.05, 0.1) is 6.42 Å². The van der Waals surface area contributed by atoms with Gasteiger partial charge in [0, 0.05) is 17.5 Å². The third-order valence-electron chi connectivity index (χ3n) is 1.81. The minimum atomic E-state index is -0.461. The molecule has 0 saturated heterocycles. The Morgan fingerprint density at radius 2 is 2.17 bits per heavy atom. The number of rotatable bonds is 4. The lowest BCUT2D eigenvalue weighted by atomic mass is 10.2. The van der Waals surface area contributed by atoms with Crippen molar-refractivity contribution < 1.29 is 9.53 Å². The van der Waals surface area contributed by atoms with E-state index in [2.05, 4.69) is 9.97 Å². The summed E-state index contributed by atoms with van der Waals surface area (Å²) in [4.78, 5) is 29.4. The summed E-state index contributed by atoms with van der Waals surface area (Å²) in [6, 6.07) is 1.43. The van der Waals surface area contributed by atoms with E-state index in [4.69, 9.17) is 4.74 Å². The molecule has 0 amide bonds. The van der Waals surface area contributed by atoms with Crippen LogP contribution in [0.15, 0.2) is 16.0 Å². The lowest BCUT2D eigenvalue weighted by Crippen LogP contribution is -2.24. The van der Waals surface area contributed by atoms with Gasteiger partial charge in [-0.05, 0) is 27.7 Å². The van der Waals surface area contributed by atoms with Crippen LogP contribution in [0.5, 0.6) is 0 Å². The van der Waals surface area contributed by atoms with Crippen LogP contribution in [0.3, 0.4) is 0 Å². The van der Waals surface area contributed by atoms with Crippen molar-refractivity contribution in [3.63, 3.8) is 0 Å². The Kier molecular flexibility index (Phi) is 4.95. The number of esters is 1. The lowest BCUT2D eigenvalue weighted by Gasteiger charge is -2.19. The van der Waals surface area contributed by atoms with Crippen molar-refractivity contribution in [2.75, 3.05) is 5.75 Å². The number of thioether (sulfide) groups is 1. The quantitative estimate of drug-likeness (QED) is 0.514. The first kappa shape index (κ1) is 14.8. The Morgan fingerprint density at radius 1 is 1.50 bits per heavy atom. The molecule has 6 heteroatoms. The zero-order chi connectivity index (χ0) is 13.8. The highest BCUT2D eigenvalue weighted by atomic mass is 32.2. The van der Waals surface area contributed by atoms with Gasteiger partial charge in [-0.15, -0.1) is 0 Å². The standard InChI is InChI=1S/C12H18N2O3S/c1-8-7-9(15)14-11(13-8)18-6-5-10(16)17-12(2,3)4/h7H,5-6H2,1-4H3,(H,13,14,15). The Morgan fingerprint density at radius 3 is 2.72 bits per heavy atom. The summed E-state index contributed by atoms with van der Waals surface area (Å²) < 4.78 is 5.18. The molecule has 5 nitrogen and oxygen atoms in total. The van der Waals surface area contributed by atoms with Crippen LogP contribution in [-0.4, -0.2) is 27.3 Å². The molecule has 18 heavy (non-hydrogen) atoms. The van der Waals surface area contributed by atoms with Crippen LogP contribution < -0.4 is 5.56 Å². The van der Waals surface area contributed by atoms with Crippen LogP contribution in [0, 0.1) is 6.92 Å². The fraction of sp³-hybridized carbons (Fsp3) is 0.583. The molecule has 1 aromatic rings. The van der Waals surface area contributed by atoms with Gasteiger partial charge in [0.2, 0.25) is 0 Å². The summed E-state index contributed by atoms with van der Waals surface area (Å²) in [6.07, 6.45) is 0.291. The molecule has 0 radical (unpaired) electrons. The Balaban J connectivity index is 2.42. The maximum absolute atomic E-state index is 11.5. The van der Waals surface area contributed by atoms with E-state index in [1.165, 1.54) is 17.8 Å². The summed E-state index contributed by atoms with van der Waals surface area (Å²) in [7, 11) is 0. The minimum Gasteiger partial charge on any atom is -0.460 e.